The molecule has 0 aliphatic carbocycles. The van der Waals surface area contributed by atoms with Gasteiger partial charge in [-0.3, -0.25) is 4.79 Å². The molecule has 2 aromatic rings. The van der Waals surface area contributed by atoms with Gasteiger partial charge in [-0.25, -0.2) is 18.2 Å². The van der Waals surface area contributed by atoms with Crippen molar-refractivity contribution in [1.82, 2.24) is 4.98 Å². The third-order valence-corrected chi connectivity index (χ3v) is 5.24. The summed E-state index contributed by atoms with van der Waals surface area (Å²) in [7, 11) is -3.63. The van der Waals surface area contributed by atoms with Crippen molar-refractivity contribution in [1.29, 1.82) is 0 Å². The first-order chi connectivity index (χ1) is 11.4. The van der Waals surface area contributed by atoms with Crippen LogP contribution in [-0.4, -0.2) is 36.6 Å². The number of rotatable bonds is 4. The molecule has 0 fully saturated rings. The molecule has 0 aliphatic rings. The van der Waals surface area contributed by atoms with E-state index in [-0.39, 0.29) is 21.6 Å². The lowest BCUT2D eigenvalue weighted by Crippen LogP contribution is -2.20. The van der Waals surface area contributed by atoms with Crippen LogP contribution in [0.25, 0.3) is 0 Å². The van der Waals surface area contributed by atoms with Gasteiger partial charge in [-0.1, -0.05) is 20.8 Å². The van der Waals surface area contributed by atoms with E-state index in [0.29, 0.717) is 10.6 Å². The van der Waals surface area contributed by atoms with Gasteiger partial charge in [0.05, 0.1) is 21.7 Å². The van der Waals surface area contributed by atoms with Gasteiger partial charge in [0.25, 0.3) is 5.91 Å². The van der Waals surface area contributed by atoms with E-state index in [1.54, 1.807) is 5.51 Å². The van der Waals surface area contributed by atoms with Gasteiger partial charge in [-0.15, -0.1) is 11.3 Å². The fourth-order valence-electron chi connectivity index (χ4n) is 2.14. The van der Waals surface area contributed by atoms with Crippen molar-refractivity contribution in [2.45, 2.75) is 31.1 Å². The lowest BCUT2D eigenvalue weighted by Gasteiger charge is -2.17. The molecule has 0 bridgehead atoms. The first-order valence-electron chi connectivity index (χ1n) is 7.23. The third-order valence-electron chi connectivity index (χ3n) is 3.32. The van der Waals surface area contributed by atoms with Crippen LogP contribution in [0.2, 0.25) is 0 Å². The molecule has 0 aliphatic heterocycles. The van der Waals surface area contributed by atoms with Crippen molar-refractivity contribution in [3.8, 4) is 0 Å². The summed E-state index contributed by atoms with van der Waals surface area (Å²) in [6, 6.07) is 3.50. The summed E-state index contributed by atoms with van der Waals surface area (Å²) >= 11 is 1.17. The fourth-order valence-corrected chi connectivity index (χ4v) is 3.71. The summed E-state index contributed by atoms with van der Waals surface area (Å²) < 4.78 is 23.5. The zero-order valence-corrected chi connectivity index (χ0v) is 15.8. The van der Waals surface area contributed by atoms with Crippen LogP contribution in [0.1, 0.15) is 46.5 Å². The van der Waals surface area contributed by atoms with E-state index in [1.807, 2.05) is 20.8 Å². The highest BCUT2D eigenvalue weighted by Gasteiger charge is 2.25. The highest BCUT2D eigenvalue weighted by Crippen LogP contribution is 2.28. The Morgan fingerprint density at radius 1 is 1.20 bits per heavy atom. The normalized spacial score (nSPS) is 12.0. The van der Waals surface area contributed by atoms with E-state index in [9.17, 15) is 18.0 Å². The number of hydrogen-bond donors (Lipinski definition) is 2. The van der Waals surface area contributed by atoms with Crippen molar-refractivity contribution < 1.29 is 23.1 Å². The number of aromatic nitrogens is 1. The number of nitrogens with one attached hydrogen (secondary N) is 1. The highest BCUT2D eigenvalue weighted by atomic mass is 32.2. The van der Waals surface area contributed by atoms with Crippen LogP contribution in [-0.2, 0) is 15.3 Å². The molecule has 7 nitrogen and oxygen atoms in total. The predicted octanol–water partition coefficient (Wildman–Crippen LogP) is 2.79. The number of anilines is 1. The van der Waals surface area contributed by atoms with E-state index in [1.165, 1.54) is 23.5 Å². The maximum Gasteiger partial charge on any atom is 0.335 e. The van der Waals surface area contributed by atoms with Gasteiger partial charge in [0.15, 0.2) is 9.84 Å². The summed E-state index contributed by atoms with van der Waals surface area (Å²) in [5.41, 5.74) is 1.71. The Bertz CT molecular complexity index is 940. The van der Waals surface area contributed by atoms with Crippen LogP contribution in [0.5, 0.6) is 0 Å². The lowest BCUT2D eigenvalue weighted by atomic mass is 9.91. The average Bonchev–Trinajstić information content (AvgIpc) is 2.95. The summed E-state index contributed by atoms with van der Waals surface area (Å²) in [6.07, 6.45) is 0.973. The Morgan fingerprint density at radius 3 is 2.36 bits per heavy atom. The van der Waals surface area contributed by atoms with Gasteiger partial charge >= 0.3 is 5.97 Å². The van der Waals surface area contributed by atoms with Gasteiger partial charge in [0.1, 0.15) is 4.88 Å². The maximum atomic E-state index is 12.5. The number of amides is 1. The smallest absolute Gasteiger partial charge is 0.335 e. The summed E-state index contributed by atoms with van der Waals surface area (Å²) in [4.78, 5) is 28.2. The van der Waals surface area contributed by atoms with Crippen LogP contribution >= 0.6 is 11.3 Å². The van der Waals surface area contributed by atoms with Crippen LogP contribution in [0.15, 0.2) is 28.6 Å². The van der Waals surface area contributed by atoms with Gasteiger partial charge in [0.2, 0.25) is 0 Å². The number of nitrogens with zero attached hydrogens (tertiary/aromatic N) is 1. The first-order valence-corrected chi connectivity index (χ1v) is 10.0. The molecule has 9 heteroatoms. The largest absolute Gasteiger partial charge is 0.478 e. The van der Waals surface area contributed by atoms with Crippen molar-refractivity contribution in [2.24, 2.45) is 0 Å². The third kappa shape index (κ3) is 4.43. The quantitative estimate of drug-likeness (QED) is 0.840. The summed E-state index contributed by atoms with van der Waals surface area (Å²) in [6.45, 7) is 5.77. The maximum absolute atomic E-state index is 12.5. The molecule has 0 spiro atoms. The molecule has 2 N–H and O–H groups in total. The lowest BCUT2D eigenvalue weighted by molar-refractivity contribution is 0.0696. The van der Waals surface area contributed by atoms with E-state index in [2.05, 4.69) is 10.3 Å². The molecule has 134 valence electrons. The number of carbonyl (C=O) groups excluding carboxylic acids is 1. The molecule has 25 heavy (non-hydrogen) atoms. The Labute approximate surface area is 149 Å². The highest BCUT2D eigenvalue weighted by molar-refractivity contribution is 7.90. The van der Waals surface area contributed by atoms with Crippen LogP contribution < -0.4 is 5.32 Å². The molecule has 1 heterocycles. The fraction of sp³-hybridized carbons (Fsp3) is 0.312. The average molecular weight is 382 g/mol. The number of carboxylic acids is 1. The van der Waals surface area contributed by atoms with E-state index in [0.717, 1.165) is 12.3 Å². The number of hydrogen-bond acceptors (Lipinski definition) is 6. The first kappa shape index (κ1) is 19.1. The second kappa shape index (κ2) is 6.57. The minimum Gasteiger partial charge on any atom is -0.478 e. The molecular weight excluding hydrogens is 364 g/mol. The van der Waals surface area contributed by atoms with Crippen LogP contribution in [0.3, 0.4) is 0 Å². The molecule has 0 atom stereocenters. The summed E-state index contributed by atoms with van der Waals surface area (Å²) in [5, 5.41) is 11.7. The van der Waals surface area contributed by atoms with Crippen molar-refractivity contribution in [3.05, 3.63) is 39.8 Å². The molecule has 1 aromatic carbocycles. The van der Waals surface area contributed by atoms with Crippen molar-refractivity contribution in [3.63, 3.8) is 0 Å². The molecule has 1 amide bonds. The Balaban J connectivity index is 2.44. The number of carboxylic acid groups (broad SMARTS) is 1. The zero-order valence-electron chi connectivity index (χ0n) is 14.2. The van der Waals surface area contributed by atoms with Crippen LogP contribution in [0.4, 0.5) is 5.69 Å². The van der Waals surface area contributed by atoms with Crippen LogP contribution in [0, 0.1) is 0 Å². The van der Waals surface area contributed by atoms with Crippen molar-refractivity contribution in [2.75, 3.05) is 11.6 Å². The summed E-state index contributed by atoms with van der Waals surface area (Å²) in [5.74, 6) is -1.75. The second-order valence-corrected chi connectivity index (χ2v) is 9.43. The second-order valence-electron chi connectivity index (χ2n) is 6.56. The monoisotopic (exact) mass is 382 g/mol. The predicted molar refractivity (Wildman–Crippen MR) is 95.3 cm³/mol. The standard InChI is InChI=1S/C16H18N2O5S2/c1-16(2,3)13-12(24-8-17-13)14(19)18-10-5-9(15(20)21)6-11(7-10)25(4,22)23/h5-8H,1-4H3,(H,18,19)(H,20,21). The minimum atomic E-state index is -3.63. The van der Waals surface area contributed by atoms with E-state index >= 15 is 0 Å². The van der Waals surface area contributed by atoms with Gasteiger partial charge in [0, 0.05) is 17.4 Å². The number of sulfone groups is 1. The Kier molecular flexibility index (Phi) is 5.01. The van der Waals surface area contributed by atoms with Gasteiger partial charge in [-0.2, -0.15) is 0 Å². The van der Waals surface area contributed by atoms with Gasteiger partial charge in [-0.05, 0) is 18.2 Å². The Morgan fingerprint density at radius 2 is 1.84 bits per heavy atom. The van der Waals surface area contributed by atoms with E-state index in [4.69, 9.17) is 5.11 Å². The number of benzene rings is 1. The molecule has 0 radical (unpaired) electrons. The molecule has 0 unspecified atom stereocenters. The number of thiazole rings is 1. The van der Waals surface area contributed by atoms with Gasteiger partial charge < -0.3 is 10.4 Å². The molecule has 2 rings (SSSR count). The number of carbonyl (C=O) groups is 2. The molecular formula is C16H18N2O5S2. The topological polar surface area (TPSA) is 113 Å². The Hall–Kier alpha value is -2.26. The van der Waals surface area contributed by atoms with Crippen molar-refractivity contribution >= 4 is 38.7 Å². The number of aromatic carboxylic acids is 1. The minimum absolute atomic E-state index is 0.0959. The van der Waals surface area contributed by atoms with E-state index < -0.39 is 21.7 Å². The molecule has 0 saturated heterocycles. The zero-order chi connectivity index (χ0) is 19.0. The SMILES string of the molecule is CC(C)(C)c1ncsc1C(=O)Nc1cc(C(=O)O)cc(S(C)(=O)=O)c1. The molecule has 1 aromatic heterocycles. The molecule has 0 saturated carbocycles.